The predicted molar refractivity (Wildman–Crippen MR) is 93.5 cm³/mol. The summed E-state index contributed by atoms with van der Waals surface area (Å²) in [6, 6.07) is 5.37. The minimum Gasteiger partial charge on any atom is -0.322 e. The molecule has 2 heterocycles. The minimum absolute atomic E-state index is 0.120. The van der Waals surface area contributed by atoms with E-state index in [1.807, 2.05) is 12.1 Å². The van der Waals surface area contributed by atoms with Crippen LogP contribution in [0.1, 0.15) is 60.0 Å². The van der Waals surface area contributed by atoms with Crippen molar-refractivity contribution in [3.05, 3.63) is 34.9 Å². The molecule has 1 atom stereocenters. The van der Waals surface area contributed by atoms with Crippen molar-refractivity contribution in [1.29, 1.82) is 0 Å². The third kappa shape index (κ3) is 3.74. The minimum atomic E-state index is -0.551. The van der Waals surface area contributed by atoms with Crippen molar-refractivity contribution in [2.24, 2.45) is 0 Å². The molecule has 3 amide bonds. The number of nitrogens with one attached hydrogen (secondary N) is 1. The first-order valence-electron chi connectivity index (χ1n) is 8.80. The van der Waals surface area contributed by atoms with Gasteiger partial charge in [-0.15, -0.1) is 12.3 Å². The molecule has 0 spiro atoms. The molecule has 1 N–H and O–H groups in total. The van der Waals surface area contributed by atoms with Crippen molar-refractivity contribution in [2.45, 2.75) is 57.5 Å². The topological polar surface area (TPSA) is 66.5 Å². The van der Waals surface area contributed by atoms with Crippen molar-refractivity contribution >= 4 is 17.7 Å². The normalized spacial score (nSPS) is 19.6. The quantitative estimate of drug-likeness (QED) is 0.491. The van der Waals surface area contributed by atoms with Gasteiger partial charge >= 0.3 is 0 Å². The van der Waals surface area contributed by atoms with Gasteiger partial charge in [-0.1, -0.05) is 18.6 Å². The van der Waals surface area contributed by atoms with E-state index in [0.717, 1.165) is 37.7 Å². The summed E-state index contributed by atoms with van der Waals surface area (Å²) in [6.45, 7) is 0.436. The zero-order valence-corrected chi connectivity index (χ0v) is 14.2. The molecular weight excluding hydrogens is 316 g/mol. The smallest absolute Gasteiger partial charge is 0.255 e. The Bertz CT molecular complexity index is 748. The number of piperidine rings is 1. The number of amides is 3. The number of imide groups is 1. The molecule has 5 nitrogen and oxygen atoms in total. The van der Waals surface area contributed by atoms with Gasteiger partial charge in [0.25, 0.3) is 5.91 Å². The van der Waals surface area contributed by atoms with Crippen LogP contribution >= 0.6 is 0 Å². The van der Waals surface area contributed by atoms with Crippen LogP contribution in [0.25, 0.3) is 0 Å². The zero-order chi connectivity index (χ0) is 17.8. The highest BCUT2D eigenvalue weighted by Crippen LogP contribution is 2.28. The Morgan fingerprint density at radius 3 is 2.80 bits per heavy atom. The van der Waals surface area contributed by atoms with Gasteiger partial charge in [0, 0.05) is 24.9 Å². The zero-order valence-electron chi connectivity index (χ0n) is 14.2. The lowest BCUT2D eigenvalue weighted by Gasteiger charge is -2.29. The summed E-state index contributed by atoms with van der Waals surface area (Å²) in [4.78, 5) is 37.5. The van der Waals surface area contributed by atoms with E-state index in [2.05, 4.69) is 17.3 Å². The Labute approximate surface area is 147 Å². The first-order valence-corrected chi connectivity index (χ1v) is 8.80. The van der Waals surface area contributed by atoms with E-state index in [4.69, 9.17) is 6.42 Å². The summed E-state index contributed by atoms with van der Waals surface area (Å²) in [7, 11) is 0. The second-order valence-electron chi connectivity index (χ2n) is 6.66. The summed E-state index contributed by atoms with van der Waals surface area (Å²) in [5.74, 6) is 1.90. The number of unbranched alkanes of at least 4 members (excludes halogenated alkanes) is 3. The van der Waals surface area contributed by atoms with E-state index < -0.39 is 6.04 Å². The second kappa shape index (κ2) is 7.52. The molecule has 0 radical (unpaired) electrons. The fraction of sp³-hybridized carbons (Fsp3) is 0.450. The Kier molecular flexibility index (Phi) is 5.18. The number of carbonyl (C=O) groups is 3. The predicted octanol–water partition coefficient (Wildman–Crippen LogP) is 2.18. The third-order valence-corrected chi connectivity index (χ3v) is 4.87. The van der Waals surface area contributed by atoms with Gasteiger partial charge in [-0.2, -0.15) is 0 Å². The Morgan fingerprint density at radius 2 is 2.04 bits per heavy atom. The highest BCUT2D eigenvalue weighted by atomic mass is 16.2. The van der Waals surface area contributed by atoms with Crippen LogP contribution in [0.15, 0.2) is 18.2 Å². The number of aryl methyl sites for hydroxylation is 1. The summed E-state index contributed by atoms with van der Waals surface area (Å²) >= 11 is 0. The number of benzene rings is 1. The molecule has 2 aliphatic heterocycles. The van der Waals surface area contributed by atoms with E-state index in [1.54, 1.807) is 4.90 Å². The van der Waals surface area contributed by atoms with Crippen LogP contribution in [0.4, 0.5) is 0 Å². The van der Waals surface area contributed by atoms with Crippen molar-refractivity contribution in [1.82, 2.24) is 10.2 Å². The van der Waals surface area contributed by atoms with Crippen LogP contribution in [0, 0.1) is 12.3 Å². The molecular formula is C20H22N2O3. The number of hydrogen-bond donors (Lipinski definition) is 1. The highest BCUT2D eigenvalue weighted by Gasteiger charge is 2.38. The lowest BCUT2D eigenvalue weighted by atomic mass is 10.0. The molecule has 2 aliphatic rings. The van der Waals surface area contributed by atoms with E-state index in [1.165, 1.54) is 5.56 Å². The molecule has 1 aromatic rings. The maximum Gasteiger partial charge on any atom is 0.255 e. The van der Waals surface area contributed by atoms with Crippen LogP contribution in [0.5, 0.6) is 0 Å². The number of rotatable bonds is 6. The van der Waals surface area contributed by atoms with Gasteiger partial charge in [-0.05, 0) is 42.9 Å². The number of fused-ring (bicyclic) bond motifs is 1. The van der Waals surface area contributed by atoms with Crippen molar-refractivity contribution in [2.75, 3.05) is 0 Å². The molecule has 1 fully saturated rings. The number of terminal acetylenes is 1. The Balaban J connectivity index is 1.64. The van der Waals surface area contributed by atoms with Crippen LogP contribution in [0.2, 0.25) is 0 Å². The maximum atomic E-state index is 12.6. The van der Waals surface area contributed by atoms with Gasteiger partial charge in [0.2, 0.25) is 11.8 Å². The molecule has 0 saturated carbocycles. The van der Waals surface area contributed by atoms with Gasteiger partial charge in [0.1, 0.15) is 6.04 Å². The standard InChI is InChI=1S/C20H22N2O3/c1-2-3-4-5-6-7-14-8-9-16-15(12-14)13-22(20(16)25)17-10-11-18(23)21-19(17)24/h1,8-9,12,17H,3-7,10-11,13H2,(H,21,23,24). The van der Waals surface area contributed by atoms with Gasteiger partial charge < -0.3 is 4.90 Å². The molecule has 0 bridgehead atoms. The van der Waals surface area contributed by atoms with Crippen molar-refractivity contribution in [3.8, 4) is 12.3 Å². The molecule has 25 heavy (non-hydrogen) atoms. The van der Waals surface area contributed by atoms with E-state index in [9.17, 15) is 14.4 Å². The lowest BCUT2D eigenvalue weighted by Crippen LogP contribution is -2.52. The van der Waals surface area contributed by atoms with Gasteiger partial charge in [-0.3, -0.25) is 19.7 Å². The third-order valence-electron chi connectivity index (χ3n) is 4.87. The molecule has 5 heteroatoms. The van der Waals surface area contributed by atoms with Crippen molar-refractivity contribution in [3.63, 3.8) is 0 Å². The number of hydrogen-bond acceptors (Lipinski definition) is 3. The average Bonchev–Trinajstić information content (AvgIpc) is 2.91. The summed E-state index contributed by atoms with van der Waals surface area (Å²) in [5, 5.41) is 2.32. The van der Waals surface area contributed by atoms with Gasteiger partial charge in [-0.25, -0.2) is 0 Å². The monoisotopic (exact) mass is 338 g/mol. The second-order valence-corrected chi connectivity index (χ2v) is 6.66. The molecule has 0 aromatic heterocycles. The lowest BCUT2D eigenvalue weighted by molar-refractivity contribution is -0.136. The van der Waals surface area contributed by atoms with Crippen LogP contribution in [0.3, 0.4) is 0 Å². The van der Waals surface area contributed by atoms with Gasteiger partial charge in [0.15, 0.2) is 0 Å². The summed E-state index contributed by atoms with van der Waals surface area (Å²) in [6.07, 6.45) is 10.9. The number of nitrogens with zero attached hydrogens (tertiary/aromatic N) is 1. The van der Waals surface area contributed by atoms with E-state index in [-0.39, 0.29) is 24.1 Å². The van der Waals surface area contributed by atoms with E-state index in [0.29, 0.717) is 18.5 Å². The SMILES string of the molecule is C#CCCCCCc1ccc2c(c1)CN(C1CCC(=O)NC1=O)C2=O. The van der Waals surface area contributed by atoms with E-state index >= 15 is 0 Å². The fourth-order valence-corrected chi connectivity index (χ4v) is 3.52. The molecule has 1 unspecified atom stereocenters. The first-order chi connectivity index (χ1) is 12.1. The molecule has 130 valence electrons. The Morgan fingerprint density at radius 1 is 1.20 bits per heavy atom. The summed E-state index contributed by atoms with van der Waals surface area (Å²) in [5.41, 5.74) is 2.84. The highest BCUT2D eigenvalue weighted by molar-refractivity contribution is 6.05. The molecule has 3 rings (SSSR count). The average molecular weight is 338 g/mol. The maximum absolute atomic E-state index is 12.6. The summed E-state index contributed by atoms with van der Waals surface area (Å²) < 4.78 is 0. The van der Waals surface area contributed by atoms with Crippen LogP contribution in [-0.4, -0.2) is 28.7 Å². The van der Waals surface area contributed by atoms with Crippen LogP contribution < -0.4 is 5.32 Å². The fourth-order valence-electron chi connectivity index (χ4n) is 3.52. The largest absolute Gasteiger partial charge is 0.322 e. The number of carbonyl (C=O) groups excluding carboxylic acids is 3. The molecule has 1 saturated heterocycles. The van der Waals surface area contributed by atoms with Crippen molar-refractivity contribution < 1.29 is 14.4 Å². The first kappa shape index (κ1) is 17.2. The van der Waals surface area contributed by atoms with Crippen LogP contribution in [-0.2, 0) is 22.6 Å². The molecule has 1 aromatic carbocycles. The van der Waals surface area contributed by atoms with Gasteiger partial charge in [0.05, 0.1) is 0 Å². The molecule has 0 aliphatic carbocycles. The Hall–Kier alpha value is -2.61.